The molecule has 0 atom stereocenters. The number of nitrogens with one attached hydrogen (secondary N) is 4. The average molecular weight is 745 g/mol. The monoisotopic (exact) mass is 742 g/mol. The van der Waals surface area contributed by atoms with Crippen molar-refractivity contribution in [3.63, 3.8) is 0 Å². The third-order valence-electron chi connectivity index (χ3n) is 7.34. The van der Waals surface area contributed by atoms with E-state index in [1.807, 2.05) is 13.8 Å². The number of halogens is 3. The number of amides is 2. The first-order chi connectivity index (χ1) is 19.4. The van der Waals surface area contributed by atoms with Crippen molar-refractivity contribution in [1.29, 1.82) is 0 Å². The summed E-state index contributed by atoms with van der Waals surface area (Å²) in [6.07, 6.45) is 1.65. The summed E-state index contributed by atoms with van der Waals surface area (Å²) in [7, 11) is -3.88. The molecule has 2 aromatic carbocycles. The third kappa shape index (κ3) is 7.11. The molecule has 1 aliphatic heterocycles. The third-order valence-corrected chi connectivity index (χ3v) is 10.1. The van der Waals surface area contributed by atoms with Crippen molar-refractivity contribution >= 4 is 70.8 Å². The van der Waals surface area contributed by atoms with Crippen LogP contribution in [-0.2, 0) is 20.4 Å². The molecule has 5 N–H and O–H groups in total. The van der Waals surface area contributed by atoms with E-state index >= 15 is 0 Å². The van der Waals surface area contributed by atoms with Gasteiger partial charge in [-0.2, -0.15) is 0 Å². The lowest BCUT2D eigenvalue weighted by atomic mass is 10.0. The Labute approximate surface area is 268 Å². The molecule has 0 bridgehead atoms. The first-order valence-electron chi connectivity index (χ1n) is 13.2. The Morgan fingerprint density at radius 1 is 1.12 bits per heavy atom. The highest BCUT2D eigenvalue weighted by atomic mass is 79.9. The summed E-state index contributed by atoms with van der Waals surface area (Å²) >= 11 is 6.56. The van der Waals surface area contributed by atoms with E-state index in [-0.39, 0.29) is 46.0 Å². The predicted molar refractivity (Wildman–Crippen MR) is 167 cm³/mol. The van der Waals surface area contributed by atoms with Crippen LogP contribution in [0, 0.1) is 13.8 Å². The molecule has 2 heterocycles. The van der Waals surface area contributed by atoms with Crippen LogP contribution in [0.3, 0.4) is 0 Å². The van der Waals surface area contributed by atoms with Gasteiger partial charge in [-0.3, -0.25) is 9.59 Å². The Morgan fingerprint density at radius 2 is 1.81 bits per heavy atom. The number of H-pyrrole nitrogens is 1. The van der Waals surface area contributed by atoms with Crippen molar-refractivity contribution in [2.24, 2.45) is 0 Å². The van der Waals surface area contributed by atoms with Gasteiger partial charge in [0.05, 0.1) is 52.4 Å². The minimum Gasteiger partial charge on any atom is -1.00 e. The van der Waals surface area contributed by atoms with Crippen LogP contribution in [0.1, 0.15) is 52.3 Å². The number of aromatic nitrogens is 1. The van der Waals surface area contributed by atoms with E-state index in [2.05, 4.69) is 61.3 Å². The normalized spacial score (nSPS) is 13.7. The van der Waals surface area contributed by atoms with Crippen LogP contribution in [0.4, 0.5) is 5.69 Å². The maximum atomic E-state index is 13.3. The predicted octanol–water partition coefficient (Wildman–Crippen LogP) is 0.987. The van der Waals surface area contributed by atoms with Crippen molar-refractivity contribution in [3.8, 4) is 5.75 Å². The second-order valence-electron chi connectivity index (χ2n) is 10.0. The lowest BCUT2D eigenvalue weighted by Crippen LogP contribution is -3.12. The molecule has 0 unspecified atom stereocenters. The molecule has 226 valence electrons. The largest absolute Gasteiger partial charge is 1.00 e. The van der Waals surface area contributed by atoms with Crippen molar-refractivity contribution in [2.45, 2.75) is 38.3 Å². The van der Waals surface area contributed by atoms with Gasteiger partial charge in [-0.15, -0.1) is 0 Å². The Bertz CT molecular complexity index is 1670. The highest BCUT2D eigenvalue weighted by Crippen LogP contribution is 2.38. The van der Waals surface area contributed by atoms with E-state index < -0.39 is 15.6 Å². The maximum absolute atomic E-state index is 13.3. The van der Waals surface area contributed by atoms with E-state index in [1.54, 1.807) is 24.3 Å². The number of fused-ring (bicyclic) bond motifs is 1. The van der Waals surface area contributed by atoms with Crippen molar-refractivity contribution in [2.75, 3.05) is 31.5 Å². The summed E-state index contributed by atoms with van der Waals surface area (Å²) < 4.78 is 27.7. The number of rotatable bonds is 10. The number of phenols is 1. The van der Waals surface area contributed by atoms with Gasteiger partial charge in [-0.1, -0.05) is 15.9 Å². The average Bonchev–Trinajstić information content (AvgIpc) is 3.38. The van der Waals surface area contributed by atoms with Gasteiger partial charge in [0.1, 0.15) is 5.75 Å². The lowest BCUT2D eigenvalue weighted by molar-refractivity contribution is -0.895. The molecule has 3 aromatic rings. The number of carbonyl (C=O) groups excluding carboxylic acids is 2. The second-order valence-corrected chi connectivity index (χ2v) is 13.8. The molecule has 4 rings (SSSR count). The fourth-order valence-electron chi connectivity index (χ4n) is 4.97. The molecule has 13 heteroatoms. The van der Waals surface area contributed by atoms with Gasteiger partial charge in [0.2, 0.25) is 0 Å². The quantitative estimate of drug-likeness (QED) is 0.198. The van der Waals surface area contributed by atoms with E-state index in [9.17, 15) is 23.1 Å². The first-order valence-corrected chi connectivity index (χ1v) is 16.5. The molecule has 1 aromatic heterocycles. The standard InChI is InChI=1S/C29H32Br2N4O5S.ClH/c1-5-35(6-2)10-9-32-29(38)26-16(3)25(33-17(26)4)14-22-21-13-20(7-8-24(21)34-28(22)37)41(39,40)15-18-11-19(30)12-23(31)27(18)36;/h7-8,11-14,33,36H,5-6,9-10,15H2,1-4H3,(H,32,38)(H,34,37);1H/b22-14-;. The number of quaternary nitrogens is 1. The zero-order chi connectivity index (χ0) is 30.1. The Balaban J connectivity index is 0.00000484. The first kappa shape index (κ1) is 33.9. The van der Waals surface area contributed by atoms with E-state index in [0.717, 1.165) is 19.6 Å². The second kappa shape index (κ2) is 13.8. The Morgan fingerprint density at radius 3 is 2.48 bits per heavy atom. The molecule has 42 heavy (non-hydrogen) atoms. The molecular formula is C29H33Br2ClN4O5S. The number of sulfone groups is 1. The number of anilines is 1. The number of hydrogen-bond acceptors (Lipinski definition) is 5. The minimum absolute atomic E-state index is 0. The molecule has 0 aliphatic carbocycles. The topological polar surface area (TPSA) is 133 Å². The van der Waals surface area contributed by atoms with Gasteiger partial charge in [0, 0.05) is 32.7 Å². The van der Waals surface area contributed by atoms with Gasteiger partial charge < -0.3 is 38.0 Å². The minimum atomic E-state index is -3.88. The number of aryl methyl sites for hydroxylation is 1. The molecule has 0 fully saturated rings. The summed E-state index contributed by atoms with van der Waals surface area (Å²) in [5.41, 5.74) is 3.95. The van der Waals surface area contributed by atoms with Crippen LogP contribution in [-0.4, -0.2) is 56.5 Å². The molecule has 2 amide bonds. The molecule has 0 saturated heterocycles. The van der Waals surface area contributed by atoms with Crippen molar-refractivity contribution in [1.82, 2.24) is 10.3 Å². The molecule has 0 spiro atoms. The van der Waals surface area contributed by atoms with E-state index in [4.69, 9.17) is 0 Å². The Hall–Kier alpha value is -2.64. The number of hydrogen-bond donors (Lipinski definition) is 5. The zero-order valence-corrected chi connectivity index (χ0v) is 28.4. The molecule has 0 saturated carbocycles. The molecule has 0 radical (unpaired) electrons. The van der Waals surface area contributed by atoms with Crippen LogP contribution >= 0.6 is 31.9 Å². The lowest BCUT2D eigenvalue weighted by Gasteiger charge is -2.15. The number of likely N-dealkylation sites (N-methyl/N-ethyl adjacent to an activating group) is 1. The fraction of sp³-hybridized carbons (Fsp3) is 0.310. The summed E-state index contributed by atoms with van der Waals surface area (Å²) in [6, 6.07) is 7.64. The van der Waals surface area contributed by atoms with Gasteiger partial charge in [0.25, 0.3) is 11.8 Å². The number of aromatic amines is 1. The molecule has 9 nitrogen and oxygen atoms in total. The van der Waals surface area contributed by atoms with Crippen LogP contribution < -0.4 is 27.9 Å². The smallest absolute Gasteiger partial charge is 0.256 e. The maximum Gasteiger partial charge on any atom is 0.256 e. The fourth-order valence-corrected chi connectivity index (χ4v) is 7.65. The summed E-state index contributed by atoms with van der Waals surface area (Å²) in [6.45, 7) is 11.2. The van der Waals surface area contributed by atoms with Crippen LogP contribution in [0.2, 0.25) is 0 Å². The van der Waals surface area contributed by atoms with Crippen LogP contribution in [0.25, 0.3) is 11.6 Å². The number of aromatic hydroxyl groups is 1. The van der Waals surface area contributed by atoms with E-state index in [0.29, 0.717) is 49.3 Å². The molecular weight excluding hydrogens is 712 g/mol. The Kier molecular flexibility index (Phi) is 11.1. The SMILES string of the molecule is CC[NH+](CC)CCNC(=O)c1c(C)[nH]c(/C=C2\C(=O)Nc3ccc(S(=O)(=O)Cc4cc(Br)cc(Br)c4O)cc32)c1C.[Cl-]. The van der Waals surface area contributed by atoms with Crippen LogP contribution in [0.5, 0.6) is 5.75 Å². The van der Waals surface area contributed by atoms with Crippen molar-refractivity contribution in [3.05, 3.63) is 72.9 Å². The van der Waals surface area contributed by atoms with Crippen LogP contribution in [0.15, 0.2) is 44.2 Å². The highest BCUT2D eigenvalue weighted by molar-refractivity contribution is 9.11. The molecule has 1 aliphatic rings. The van der Waals surface area contributed by atoms with E-state index in [1.165, 1.54) is 17.0 Å². The van der Waals surface area contributed by atoms with Gasteiger partial charge in [-0.25, -0.2) is 8.42 Å². The highest BCUT2D eigenvalue weighted by Gasteiger charge is 2.28. The van der Waals surface area contributed by atoms with Gasteiger partial charge in [-0.05, 0) is 85.6 Å². The number of carbonyl (C=O) groups is 2. The zero-order valence-electron chi connectivity index (χ0n) is 23.6. The summed E-state index contributed by atoms with van der Waals surface area (Å²) in [5.74, 6) is -1.14. The van der Waals surface area contributed by atoms with Gasteiger partial charge >= 0.3 is 0 Å². The summed E-state index contributed by atoms with van der Waals surface area (Å²) in [5, 5.41) is 16.2. The number of benzene rings is 2. The number of phenolic OH excluding ortho intramolecular Hbond substituents is 1. The summed E-state index contributed by atoms with van der Waals surface area (Å²) in [4.78, 5) is 30.6. The van der Waals surface area contributed by atoms with Crippen molar-refractivity contribution < 1.29 is 40.4 Å². The van der Waals surface area contributed by atoms with Gasteiger partial charge in [0.15, 0.2) is 9.84 Å².